The summed E-state index contributed by atoms with van der Waals surface area (Å²) in [5.41, 5.74) is 0.605. The van der Waals surface area contributed by atoms with E-state index in [4.69, 9.17) is 21.1 Å². The molecule has 1 aromatic heterocycles. The number of ether oxygens (including phenoxy) is 2. The molecule has 126 valence electrons. The minimum atomic E-state index is -1.25. The molecule has 0 aliphatic carbocycles. The number of fused-ring (bicyclic) bond motifs is 1. The molecule has 0 amide bonds. The first-order chi connectivity index (χ1) is 11.6. The zero-order valence-corrected chi connectivity index (χ0v) is 14.0. The molecule has 0 saturated heterocycles. The molecule has 0 bridgehead atoms. The van der Waals surface area contributed by atoms with Gasteiger partial charge < -0.3 is 9.47 Å². The summed E-state index contributed by atoms with van der Waals surface area (Å²) in [6.07, 6.45) is 2.50. The van der Waals surface area contributed by atoms with Gasteiger partial charge in [0, 0.05) is 16.6 Å². The Labute approximate surface area is 143 Å². The van der Waals surface area contributed by atoms with Crippen molar-refractivity contribution in [2.75, 3.05) is 13.2 Å². The van der Waals surface area contributed by atoms with Gasteiger partial charge in [-0.25, -0.2) is 15.0 Å². The number of carbonyl (C=O) groups excluding carboxylic acids is 2. The maximum Gasteiger partial charge on any atom is 0.325 e. The molecule has 0 radical (unpaired) electrons. The summed E-state index contributed by atoms with van der Waals surface area (Å²) in [5.74, 6) is -2.38. The lowest BCUT2D eigenvalue weighted by atomic mass is 10.1. The Morgan fingerprint density at radius 1 is 1.21 bits per heavy atom. The number of rotatable bonds is 6. The van der Waals surface area contributed by atoms with E-state index >= 15 is 0 Å². The smallest absolute Gasteiger partial charge is 0.325 e. The van der Waals surface area contributed by atoms with Crippen LogP contribution in [0.15, 0.2) is 29.5 Å². The molecule has 0 fully saturated rings. The van der Waals surface area contributed by atoms with Crippen LogP contribution in [0.5, 0.6) is 0 Å². The largest absolute Gasteiger partial charge is 0.465 e. The maximum atomic E-state index is 11.9. The van der Waals surface area contributed by atoms with Gasteiger partial charge >= 0.3 is 11.9 Å². The number of nitrogens with zero attached hydrogens (tertiary/aromatic N) is 3. The number of benzene rings is 1. The van der Waals surface area contributed by atoms with Gasteiger partial charge in [0.1, 0.15) is 6.33 Å². The van der Waals surface area contributed by atoms with E-state index in [1.54, 1.807) is 32.0 Å². The van der Waals surface area contributed by atoms with Crippen molar-refractivity contribution in [2.45, 2.75) is 13.8 Å². The van der Waals surface area contributed by atoms with Crippen molar-refractivity contribution in [3.8, 4) is 0 Å². The molecular formula is C16H16ClN3O4. The van der Waals surface area contributed by atoms with E-state index in [9.17, 15) is 9.59 Å². The van der Waals surface area contributed by atoms with Gasteiger partial charge in [-0.3, -0.25) is 9.59 Å². The number of hydrogen-bond donors (Lipinski definition) is 0. The second-order valence-electron chi connectivity index (χ2n) is 4.62. The summed E-state index contributed by atoms with van der Waals surface area (Å²) < 4.78 is 9.76. The van der Waals surface area contributed by atoms with Crippen LogP contribution in [0.1, 0.15) is 13.8 Å². The van der Waals surface area contributed by atoms with Gasteiger partial charge in [0.05, 0.1) is 18.7 Å². The van der Waals surface area contributed by atoms with E-state index in [1.165, 1.54) is 12.5 Å². The minimum Gasteiger partial charge on any atom is -0.465 e. The SMILES string of the molecule is CCOC(=O)C(C=Nc1ncnc2cc(Cl)ccc12)C(=O)OCC. The predicted octanol–water partition coefficient (Wildman–Crippen LogP) is 2.73. The van der Waals surface area contributed by atoms with Crippen LogP contribution in [0.4, 0.5) is 5.82 Å². The molecule has 0 aliphatic rings. The zero-order valence-electron chi connectivity index (χ0n) is 13.2. The van der Waals surface area contributed by atoms with Gasteiger partial charge in [-0.2, -0.15) is 0 Å². The second kappa shape index (κ2) is 8.35. The Kier molecular flexibility index (Phi) is 6.20. The molecule has 1 heterocycles. The highest BCUT2D eigenvalue weighted by molar-refractivity contribution is 6.31. The van der Waals surface area contributed by atoms with Crippen LogP contribution in [0.2, 0.25) is 5.02 Å². The monoisotopic (exact) mass is 349 g/mol. The summed E-state index contributed by atoms with van der Waals surface area (Å²) in [6.45, 7) is 3.60. The third kappa shape index (κ3) is 4.26. The van der Waals surface area contributed by atoms with Crippen molar-refractivity contribution < 1.29 is 19.1 Å². The average Bonchev–Trinajstić information content (AvgIpc) is 2.55. The van der Waals surface area contributed by atoms with E-state index in [0.717, 1.165) is 0 Å². The summed E-state index contributed by atoms with van der Waals surface area (Å²) in [5, 5.41) is 1.18. The molecule has 1 aromatic carbocycles. The fraction of sp³-hybridized carbons (Fsp3) is 0.312. The third-order valence-electron chi connectivity index (χ3n) is 3.00. The molecule has 0 atom stereocenters. The first kappa shape index (κ1) is 17.8. The topological polar surface area (TPSA) is 90.7 Å². The maximum absolute atomic E-state index is 11.9. The lowest BCUT2D eigenvalue weighted by molar-refractivity contribution is -0.157. The standard InChI is InChI=1S/C16H16ClN3O4/c1-3-23-15(21)12(16(22)24-4-2)8-18-14-11-6-5-10(17)7-13(11)19-9-20-14/h5-9,12H,3-4H2,1-2H3. The zero-order chi connectivity index (χ0) is 17.5. The van der Waals surface area contributed by atoms with Gasteiger partial charge in [-0.15, -0.1) is 0 Å². The molecule has 0 spiro atoms. The summed E-state index contributed by atoms with van der Waals surface area (Å²) >= 11 is 5.93. The van der Waals surface area contributed by atoms with E-state index in [-0.39, 0.29) is 13.2 Å². The molecule has 0 saturated carbocycles. The van der Waals surface area contributed by atoms with Crippen molar-refractivity contribution >= 4 is 46.5 Å². The van der Waals surface area contributed by atoms with Crippen LogP contribution in [0, 0.1) is 5.92 Å². The second-order valence-corrected chi connectivity index (χ2v) is 5.06. The Morgan fingerprint density at radius 2 is 1.88 bits per heavy atom. The minimum absolute atomic E-state index is 0.150. The Morgan fingerprint density at radius 3 is 2.50 bits per heavy atom. The molecule has 2 rings (SSSR count). The van der Waals surface area contributed by atoms with Gasteiger partial charge in [0.15, 0.2) is 11.7 Å². The Hall–Kier alpha value is -2.54. The number of halogens is 1. The quantitative estimate of drug-likeness (QED) is 0.452. The Bertz CT molecular complexity index is 761. The first-order valence-electron chi connectivity index (χ1n) is 7.34. The molecule has 0 N–H and O–H groups in total. The van der Waals surface area contributed by atoms with Gasteiger partial charge in [0.25, 0.3) is 0 Å². The van der Waals surface area contributed by atoms with Crippen molar-refractivity contribution in [1.29, 1.82) is 0 Å². The van der Waals surface area contributed by atoms with E-state index < -0.39 is 17.9 Å². The van der Waals surface area contributed by atoms with Crippen LogP contribution in [0.3, 0.4) is 0 Å². The average molecular weight is 350 g/mol. The summed E-state index contributed by atoms with van der Waals surface area (Å²) in [7, 11) is 0. The molecular weight excluding hydrogens is 334 g/mol. The van der Waals surface area contributed by atoms with Crippen LogP contribution in [0.25, 0.3) is 10.9 Å². The van der Waals surface area contributed by atoms with Gasteiger partial charge in [-0.05, 0) is 32.0 Å². The van der Waals surface area contributed by atoms with Crippen molar-refractivity contribution in [3.05, 3.63) is 29.5 Å². The van der Waals surface area contributed by atoms with Gasteiger partial charge in [0.2, 0.25) is 0 Å². The molecule has 2 aromatic rings. The normalized spacial score (nSPS) is 11.2. The number of aliphatic imine (C=N–C) groups is 1. The van der Waals surface area contributed by atoms with E-state index in [1.807, 2.05) is 0 Å². The number of carbonyl (C=O) groups is 2. The molecule has 0 unspecified atom stereocenters. The lowest BCUT2D eigenvalue weighted by Gasteiger charge is -2.10. The summed E-state index contributed by atoms with van der Waals surface area (Å²) in [4.78, 5) is 36.2. The Balaban J connectivity index is 2.34. The van der Waals surface area contributed by atoms with Crippen molar-refractivity contribution in [2.24, 2.45) is 10.9 Å². The predicted molar refractivity (Wildman–Crippen MR) is 89.5 cm³/mol. The van der Waals surface area contributed by atoms with Crippen LogP contribution < -0.4 is 0 Å². The fourth-order valence-corrected chi connectivity index (χ4v) is 2.11. The molecule has 8 heteroatoms. The fourth-order valence-electron chi connectivity index (χ4n) is 1.95. The van der Waals surface area contributed by atoms with Gasteiger partial charge in [-0.1, -0.05) is 11.6 Å². The highest BCUT2D eigenvalue weighted by Crippen LogP contribution is 2.24. The van der Waals surface area contributed by atoms with Crippen molar-refractivity contribution in [1.82, 2.24) is 9.97 Å². The molecule has 7 nitrogen and oxygen atoms in total. The van der Waals surface area contributed by atoms with Crippen LogP contribution >= 0.6 is 11.6 Å². The molecule has 0 aliphatic heterocycles. The number of hydrogen-bond acceptors (Lipinski definition) is 7. The van der Waals surface area contributed by atoms with E-state index in [0.29, 0.717) is 21.7 Å². The highest BCUT2D eigenvalue weighted by Gasteiger charge is 2.27. The summed E-state index contributed by atoms with van der Waals surface area (Å²) in [6, 6.07) is 5.07. The van der Waals surface area contributed by atoms with Crippen LogP contribution in [-0.2, 0) is 19.1 Å². The molecule has 24 heavy (non-hydrogen) atoms. The van der Waals surface area contributed by atoms with Crippen molar-refractivity contribution in [3.63, 3.8) is 0 Å². The van der Waals surface area contributed by atoms with Crippen LogP contribution in [-0.4, -0.2) is 41.3 Å². The lowest BCUT2D eigenvalue weighted by Crippen LogP contribution is -2.29. The number of aromatic nitrogens is 2. The highest BCUT2D eigenvalue weighted by atomic mass is 35.5. The third-order valence-corrected chi connectivity index (χ3v) is 3.24. The van der Waals surface area contributed by atoms with E-state index in [2.05, 4.69) is 15.0 Å². The first-order valence-corrected chi connectivity index (χ1v) is 7.72. The number of esters is 2.